The molecule has 0 unspecified atom stereocenters. The quantitative estimate of drug-likeness (QED) is 0.844. The van der Waals surface area contributed by atoms with Crippen LogP contribution >= 0.6 is 0 Å². The number of anilines is 1. The fourth-order valence-electron chi connectivity index (χ4n) is 1.63. The molecule has 0 atom stereocenters. The van der Waals surface area contributed by atoms with Gasteiger partial charge in [-0.1, -0.05) is 0 Å². The van der Waals surface area contributed by atoms with Crippen LogP contribution in [0.1, 0.15) is 22.5 Å². The Labute approximate surface area is 115 Å². The van der Waals surface area contributed by atoms with Crippen molar-refractivity contribution in [1.82, 2.24) is 4.98 Å². The fourth-order valence-corrected chi connectivity index (χ4v) is 1.63. The smallest absolute Gasteiger partial charge is 0.337 e. The maximum atomic E-state index is 11.7. The number of nitrogens with one attached hydrogen (secondary N) is 1. The number of aromatic nitrogens is 1. The predicted octanol–water partition coefficient (Wildman–Crippen LogP) is 2.03. The molecule has 1 N–H and O–H groups in total. The highest BCUT2D eigenvalue weighted by atomic mass is 16.5. The van der Waals surface area contributed by atoms with Crippen molar-refractivity contribution in [3.63, 3.8) is 0 Å². The van der Waals surface area contributed by atoms with Crippen LogP contribution in [0.3, 0.4) is 0 Å². The Morgan fingerprint density at radius 2 is 2.05 bits per heavy atom. The van der Waals surface area contributed by atoms with Gasteiger partial charge in [0.1, 0.15) is 6.26 Å². The summed E-state index contributed by atoms with van der Waals surface area (Å²) in [6.07, 6.45) is 3.67. The molecule has 6 nitrogen and oxygen atoms in total. The molecule has 2 aromatic rings. The van der Waals surface area contributed by atoms with Crippen molar-refractivity contribution in [1.29, 1.82) is 0 Å². The summed E-state index contributed by atoms with van der Waals surface area (Å²) in [6, 6.07) is 6.50. The van der Waals surface area contributed by atoms with E-state index in [0.717, 1.165) is 5.69 Å². The Morgan fingerprint density at radius 1 is 1.30 bits per heavy atom. The van der Waals surface area contributed by atoms with Gasteiger partial charge in [0.2, 0.25) is 5.91 Å². The number of amides is 1. The first kappa shape index (κ1) is 13.8. The number of carbonyl (C=O) groups excluding carboxylic acids is 2. The van der Waals surface area contributed by atoms with Crippen molar-refractivity contribution < 1.29 is 18.7 Å². The topological polar surface area (TPSA) is 81.4 Å². The molecule has 0 aliphatic carbocycles. The van der Waals surface area contributed by atoms with E-state index in [1.807, 2.05) is 0 Å². The van der Waals surface area contributed by atoms with Crippen LogP contribution in [0.25, 0.3) is 0 Å². The number of benzene rings is 1. The van der Waals surface area contributed by atoms with E-state index in [-0.39, 0.29) is 5.91 Å². The summed E-state index contributed by atoms with van der Waals surface area (Å²) >= 11 is 0. The molecule has 0 bridgehead atoms. The lowest BCUT2D eigenvalue weighted by molar-refractivity contribution is -0.116. The van der Waals surface area contributed by atoms with Crippen LogP contribution in [-0.4, -0.2) is 24.0 Å². The summed E-state index contributed by atoms with van der Waals surface area (Å²) in [5.41, 5.74) is 1.80. The zero-order chi connectivity index (χ0) is 14.4. The maximum Gasteiger partial charge on any atom is 0.337 e. The van der Waals surface area contributed by atoms with Crippen LogP contribution in [0, 0.1) is 0 Å². The van der Waals surface area contributed by atoms with Gasteiger partial charge in [0.15, 0.2) is 6.39 Å². The standard InChI is InChI=1S/C14H14N2O4/c1-19-14(18)10-2-4-11(5-3-10)16-13(17)7-6-12-8-20-9-15-12/h2-5,8-9H,6-7H2,1H3,(H,16,17). The van der Waals surface area contributed by atoms with Crippen LogP contribution in [0.2, 0.25) is 0 Å². The van der Waals surface area contributed by atoms with Gasteiger partial charge in [-0.2, -0.15) is 0 Å². The van der Waals surface area contributed by atoms with Gasteiger partial charge in [0.25, 0.3) is 0 Å². The van der Waals surface area contributed by atoms with E-state index in [2.05, 4.69) is 15.0 Å². The number of rotatable bonds is 5. The molecule has 1 aromatic carbocycles. The summed E-state index contributed by atoms with van der Waals surface area (Å²) in [5.74, 6) is -0.535. The van der Waals surface area contributed by atoms with E-state index in [0.29, 0.717) is 24.1 Å². The van der Waals surface area contributed by atoms with Crippen LogP contribution < -0.4 is 5.32 Å². The van der Waals surface area contributed by atoms with E-state index >= 15 is 0 Å². The van der Waals surface area contributed by atoms with Crippen LogP contribution in [0.4, 0.5) is 5.69 Å². The molecule has 0 spiro atoms. The van der Waals surface area contributed by atoms with Crippen molar-refractivity contribution in [3.8, 4) is 0 Å². The third kappa shape index (κ3) is 3.68. The monoisotopic (exact) mass is 274 g/mol. The molecule has 0 fully saturated rings. The van der Waals surface area contributed by atoms with Gasteiger partial charge in [-0.05, 0) is 24.3 Å². The summed E-state index contributed by atoms with van der Waals surface area (Å²) in [4.78, 5) is 26.9. The molecule has 0 radical (unpaired) electrons. The Hall–Kier alpha value is -2.63. The molecule has 20 heavy (non-hydrogen) atoms. The normalized spacial score (nSPS) is 10.1. The largest absolute Gasteiger partial charge is 0.465 e. The number of esters is 1. The highest BCUT2D eigenvalue weighted by molar-refractivity contribution is 5.93. The fraction of sp³-hybridized carbons (Fsp3) is 0.214. The summed E-state index contributed by atoms with van der Waals surface area (Å²) in [5, 5.41) is 2.74. The SMILES string of the molecule is COC(=O)c1ccc(NC(=O)CCc2cocn2)cc1. The number of ether oxygens (including phenoxy) is 1. The van der Waals surface area contributed by atoms with Gasteiger partial charge in [-0.25, -0.2) is 9.78 Å². The molecule has 1 amide bonds. The van der Waals surface area contributed by atoms with Crippen molar-refractivity contribution in [3.05, 3.63) is 48.2 Å². The molecular formula is C14H14N2O4. The van der Waals surface area contributed by atoms with Crippen LogP contribution in [-0.2, 0) is 16.0 Å². The highest BCUT2D eigenvalue weighted by Crippen LogP contribution is 2.11. The molecular weight excluding hydrogens is 260 g/mol. The molecule has 6 heteroatoms. The van der Waals surface area contributed by atoms with E-state index in [1.54, 1.807) is 24.3 Å². The zero-order valence-electron chi connectivity index (χ0n) is 11.0. The van der Waals surface area contributed by atoms with Crippen molar-refractivity contribution >= 4 is 17.6 Å². The van der Waals surface area contributed by atoms with Gasteiger partial charge in [-0.3, -0.25) is 4.79 Å². The molecule has 0 saturated heterocycles. The summed E-state index contributed by atoms with van der Waals surface area (Å²) in [6.45, 7) is 0. The Morgan fingerprint density at radius 3 is 2.65 bits per heavy atom. The highest BCUT2D eigenvalue weighted by Gasteiger charge is 2.07. The first-order valence-corrected chi connectivity index (χ1v) is 6.04. The van der Waals surface area contributed by atoms with E-state index < -0.39 is 5.97 Å². The number of methoxy groups -OCH3 is 1. The average molecular weight is 274 g/mol. The Bertz CT molecular complexity index is 576. The summed E-state index contributed by atoms with van der Waals surface area (Å²) < 4.78 is 9.42. The minimum Gasteiger partial charge on any atom is -0.465 e. The van der Waals surface area contributed by atoms with Crippen molar-refractivity contribution in [2.45, 2.75) is 12.8 Å². The first-order valence-electron chi connectivity index (χ1n) is 6.04. The maximum absolute atomic E-state index is 11.7. The van der Waals surface area contributed by atoms with E-state index in [1.165, 1.54) is 19.8 Å². The molecule has 0 saturated carbocycles. The van der Waals surface area contributed by atoms with E-state index in [4.69, 9.17) is 4.42 Å². The number of aryl methyl sites for hydroxylation is 1. The Kier molecular flexibility index (Phi) is 4.49. The second-order valence-corrected chi connectivity index (χ2v) is 4.10. The number of hydrogen-bond donors (Lipinski definition) is 1. The Balaban J connectivity index is 1.86. The lowest BCUT2D eigenvalue weighted by atomic mass is 10.2. The molecule has 0 aliphatic rings. The minimum absolute atomic E-state index is 0.126. The molecule has 1 heterocycles. The third-order valence-electron chi connectivity index (χ3n) is 2.68. The molecule has 2 rings (SSSR count). The predicted molar refractivity (Wildman–Crippen MR) is 71.2 cm³/mol. The zero-order valence-corrected chi connectivity index (χ0v) is 11.0. The van der Waals surface area contributed by atoms with Gasteiger partial charge in [0, 0.05) is 18.5 Å². The molecule has 104 valence electrons. The molecule has 0 aliphatic heterocycles. The number of nitrogens with zero attached hydrogens (tertiary/aromatic N) is 1. The first-order chi connectivity index (χ1) is 9.69. The number of carbonyl (C=O) groups is 2. The third-order valence-corrected chi connectivity index (χ3v) is 2.68. The van der Waals surface area contributed by atoms with E-state index in [9.17, 15) is 9.59 Å². The number of hydrogen-bond acceptors (Lipinski definition) is 5. The second kappa shape index (κ2) is 6.51. The van der Waals surface area contributed by atoms with Crippen LogP contribution in [0.5, 0.6) is 0 Å². The minimum atomic E-state index is -0.408. The van der Waals surface area contributed by atoms with Gasteiger partial charge >= 0.3 is 5.97 Å². The second-order valence-electron chi connectivity index (χ2n) is 4.10. The van der Waals surface area contributed by atoms with Gasteiger partial charge in [-0.15, -0.1) is 0 Å². The van der Waals surface area contributed by atoms with Crippen molar-refractivity contribution in [2.24, 2.45) is 0 Å². The number of oxazole rings is 1. The van der Waals surface area contributed by atoms with Crippen LogP contribution in [0.15, 0.2) is 41.3 Å². The lowest BCUT2D eigenvalue weighted by Crippen LogP contribution is -2.12. The average Bonchev–Trinajstić information content (AvgIpc) is 2.98. The lowest BCUT2D eigenvalue weighted by Gasteiger charge is -2.05. The summed E-state index contributed by atoms with van der Waals surface area (Å²) in [7, 11) is 1.32. The van der Waals surface area contributed by atoms with Gasteiger partial charge in [0.05, 0.1) is 18.4 Å². The van der Waals surface area contributed by atoms with Gasteiger partial charge < -0.3 is 14.5 Å². The molecule has 1 aromatic heterocycles. The van der Waals surface area contributed by atoms with Crippen molar-refractivity contribution in [2.75, 3.05) is 12.4 Å².